The van der Waals surface area contributed by atoms with Crippen LogP contribution in [0.15, 0.2) is 16.7 Å². The number of nitrogens with one attached hydrogen (secondary N) is 2. The molecule has 2 aromatic heterocycles. The summed E-state index contributed by atoms with van der Waals surface area (Å²) in [4.78, 5) is 30.5. The molecule has 0 saturated carbocycles. The number of furan rings is 1. The summed E-state index contributed by atoms with van der Waals surface area (Å²) in [7, 11) is 0. The van der Waals surface area contributed by atoms with Gasteiger partial charge in [0, 0.05) is 31.4 Å². The number of fused-ring (bicyclic) bond motifs is 1. The molecule has 0 radical (unpaired) electrons. The molecule has 0 aliphatic carbocycles. The van der Waals surface area contributed by atoms with Crippen molar-refractivity contribution in [2.45, 2.75) is 66.0 Å². The number of anilines is 1. The molecular weight excluding hydrogens is 406 g/mol. The first-order chi connectivity index (χ1) is 15.2. The summed E-state index contributed by atoms with van der Waals surface area (Å²) in [6.45, 7) is 11.3. The molecule has 2 N–H and O–H groups in total. The molecule has 3 heterocycles. The van der Waals surface area contributed by atoms with Crippen molar-refractivity contribution in [2.75, 3.05) is 18.4 Å². The molecule has 0 spiro atoms. The summed E-state index contributed by atoms with van der Waals surface area (Å²) in [6.07, 6.45) is 4.72. The monoisotopic (exact) mass is 439 g/mol. The molecule has 172 valence electrons. The highest BCUT2D eigenvalue weighted by molar-refractivity contribution is 6.08. The Labute approximate surface area is 189 Å². The second-order valence-electron chi connectivity index (χ2n) is 9.30. The fourth-order valence-electron chi connectivity index (χ4n) is 4.12. The first-order valence-corrected chi connectivity index (χ1v) is 11.4. The smallest absolute Gasteiger partial charge is 0.256 e. The van der Waals surface area contributed by atoms with Crippen molar-refractivity contribution in [3.8, 4) is 6.07 Å². The number of nitrogens with zero attached hydrogens (tertiary/aromatic N) is 3. The third-order valence-electron chi connectivity index (χ3n) is 6.06. The fraction of sp³-hybridized carbons (Fsp3) is 0.583. The van der Waals surface area contributed by atoms with E-state index in [4.69, 9.17) is 4.42 Å². The third-order valence-corrected chi connectivity index (χ3v) is 6.06. The predicted molar refractivity (Wildman–Crippen MR) is 123 cm³/mol. The topological polar surface area (TPSA) is 111 Å². The highest BCUT2D eigenvalue weighted by Gasteiger charge is 2.32. The number of carbonyl (C=O) groups is 2. The van der Waals surface area contributed by atoms with Gasteiger partial charge in [-0.2, -0.15) is 5.26 Å². The van der Waals surface area contributed by atoms with Gasteiger partial charge in [-0.15, -0.1) is 0 Å². The molecule has 1 fully saturated rings. The van der Waals surface area contributed by atoms with E-state index >= 15 is 0 Å². The minimum Gasteiger partial charge on any atom is -0.443 e. The predicted octanol–water partition coefficient (Wildman–Crippen LogP) is 3.92. The molecule has 2 unspecified atom stereocenters. The molecular formula is C24H33N5O3. The number of hydrogen-bond donors (Lipinski definition) is 2. The van der Waals surface area contributed by atoms with E-state index in [1.165, 1.54) is 6.92 Å². The molecule has 0 aromatic carbocycles. The summed E-state index contributed by atoms with van der Waals surface area (Å²) in [5.74, 6) is 1.38. The van der Waals surface area contributed by atoms with E-state index in [2.05, 4.69) is 43.3 Å². The number of nitriles is 1. The highest BCUT2D eigenvalue weighted by Crippen LogP contribution is 2.28. The molecule has 0 bridgehead atoms. The van der Waals surface area contributed by atoms with E-state index in [0.29, 0.717) is 41.7 Å². The summed E-state index contributed by atoms with van der Waals surface area (Å²) in [5.41, 5.74) is 0.620. The van der Waals surface area contributed by atoms with Gasteiger partial charge in [-0.1, -0.05) is 34.1 Å². The van der Waals surface area contributed by atoms with Crippen LogP contribution in [0.2, 0.25) is 0 Å². The fourth-order valence-corrected chi connectivity index (χ4v) is 4.12. The highest BCUT2D eigenvalue weighted by atomic mass is 16.3. The van der Waals surface area contributed by atoms with Crippen LogP contribution in [0, 0.1) is 23.2 Å². The number of aromatic nitrogens is 1. The number of carbonyl (C=O) groups excluding carboxylic acids is 2. The Morgan fingerprint density at radius 2 is 2.03 bits per heavy atom. The zero-order valence-corrected chi connectivity index (χ0v) is 19.6. The number of likely N-dealkylation sites (tertiary alicyclic amines) is 1. The van der Waals surface area contributed by atoms with Crippen LogP contribution < -0.4 is 10.6 Å². The average Bonchev–Trinajstić information content (AvgIpc) is 3.07. The van der Waals surface area contributed by atoms with Crippen LogP contribution in [0.1, 0.15) is 70.0 Å². The van der Waals surface area contributed by atoms with E-state index in [1.807, 2.05) is 6.07 Å². The van der Waals surface area contributed by atoms with Crippen LogP contribution >= 0.6 is 0 Å². The van der Waals surface area contributed by atoms with Crippen molar-refractivity contribution >= 4 is 28.6 Å². The van der Waals surface area contributed by atoms with Crippen molar-refractivity contribution in [2.24, 2.45) is 11.8 Å². The maximum Gasteiger partial charge on any atom is 0.256 e. The van der Waals surface area contributed by atoms with Gasteiger partial charge in [-0.25, -0.2) is 4.98 Å². The Hall–Kier alpha value is -3.08. The lowest BCUT2D eigenvalue weighted by Crippen LogP contribution is -2.60. The second-order valence-corrected chi connectivity index (χ2v) is 9.30. The SMILES string of the molecule is CCC(C)CC(CC(C)C)Nc1cc2c(C(=O)NC3CN(C(C)=O)C3)c(C#N)oc2cn1. The molecule has 1 saturated heterocycles. The number of rotatable bonds is 9. The van der Waals surface area contributed by atoms with Crippen molar-refractivity contribution in [1.29, 1.82) is 5.26 Å². The minimum atomic E-state index is -0.371. The Morgan fingerprint density at radius 3 is 2.62 bits per heavy atom. The molecule has 1 aliphatic rings. The lowest BCUT2D eigenvalue weighted by Gasteiger charge is -2.38. The summed E-state index contributed by atoms with van der Waals surface area (Å²) in [5, 5.41) is 16.5. The Morgan fingerprint density at radius 1 is 1.31 bits per heavy atom. The molecule has 2 atom stereocenters. The molecule has 3 rings (SSSR count). The van der Waals surface area contributed by atoms with Gasteiger partial charge >= 0.3 is 0 Å². The summed E-state index contributed by atoms with van der Waals surface area (Å²) < 4.78 is 5.59. The molecule has 8 heteroatoms. The zero-order valence-electron chi connectivity index (χ0n) is 19.6. The Bertz CT molecular complexity index is 1020. The van der Waals surface area contributed by atoms with Crippen molar-refractivity contribution in [1.82, 2.24) is 15.2 Å². The normalized spacial score (nSPS) is 15.8. The van der Waals surface area contributed by atoms with Gasteiger partial charge in [0.05, 0.1) is 12.2 Å². The molecule has 32 heavy (non-hydrogen) atoms. The lowest BCUT2D eigenvalue weighted by molar-refractivity contribution is -0.133. The van der Waals surface area contributed by atoms with Crippen LogP contribution in [-0.4, -0.2) is 46.9 Å². The summed E-state index contributed by atoms with van der Waals surface area (Å²) in [6, 6.07) is 3.91. The maximum absolute atomic E-state index is 13.0. The van der Waals surface area contributed by atoms with Crippen LogP contribution in [0.25, 0.3) is 11.0 Å². The standard InChI is InChI=1S/C24H33N5O3/c1-6-15(4)8-17(7-14(2)3)27-22-9-19-21(11-26-22)32-20(10-25)23(19)24(31)28-18-12-29(13-18)16(5)30/h9,11,14-15,17-18H,6-8,12-13H2,1-5H3,(H,26,27)(H,28,31). The molecule has 1 aliphatic heterocycles. The Balaban J connectivity index is 1.83. The van der Waals surface area contributed by atoms with Crippen LogP contribution in [0.5, 0.6) is 0 Å². The average molecular weight is 440 g/mol. The largest absolute Gasteiger partial charge is 0.443 e. The van der Waals surface area contributed by atoms with Gasteiger partial charge in [0.1, 0.15) is 17.5 Å². The van der Waals surface area contributed by atoms with E-state index in [-0.39, 0.29) is 35.2 Å². The van der Waals surface area contributed by atoms with Crippen LogP contribution in [-0.2, 0) is 4.79 Å². The number of amides is 2. The molecule has 2 aromatic rings. The van der Waals surface area contributed by atoms with Crippen molar-refractivity contribution in [3.63, 3.8) is 0 Å². The minimum absolute atomic E-state index is 0.0166. The first-order valence-electron chi connectivity index (χ1n) is 11.4. The second kappa shape index (κ2) is 10.0. The van der Waals surface area contributed by atoms with Gasteiger partial charge in [0.2, 0.25) is 11.7 Å². The third kappa shape index (κ3) is 5.39. The van der Waals surface area contributed by atoms with Gasteiger partial charge in [-0.05, 0) is 30.7 Å². The van der Waals surface area contributed by atoms with Crippen LogP contribution in [0.3, 0.4) is 0 Å². The van der Waals surface area contributed by atoms with E-state index < -0.39 is 0 Å². The van der Waals surface area contributed by atoms with Crippen LogP contribution in [0.4, 0.5) is 5.82 Å². The van der Waals surface area contributed by atoms with Gasteiger partial charge in [0.15, 0.2) is 5.58 Å². The Kier molecular flexibility index (Phi) is 7.39. The van der Waals surface area contributed by atoms with Gasteiger partial charge in [0.25, 0.3) is 5.91 Å². The van der Waals surface area contributed by atoms with Gasteiger partial charge in [-0.3, -0.25) is 9.59 Å². The van der Waals surface area contributed by atoms with E-state index in [9.17, 15) is 14.9 Å². The molecule has 2 amide bonds. The summed E-state index contributed by atoms with van der Waals surface area (Å²) >= 11 is 0. The quantitative estimate of drug-likeness (QED) is 0.612. The van der Waals surface area contributed by atoms with Crippen molar-refractivity contribution < 1.29 is 14.0 Å². The molecule has 8 nitrogen and oxygen atoms in total. The zero-order chi connectivity index (χ0) is 23.4. The van der Waals surface area contributed by atoms with Gasteiger partial charge < -0.3 is 20.0 Å². The van der Waals surface area contributed by atoms with Crippen molar-refractivity contribution in [3.05, 3.63) is 23.6 Å². The van der Waals surface area contributed by atoms with E-state index in [0.717, 1.165) is 19.3 Å². The number of pyridine rings is 1. The maximum atomic E-state index is 13.0. The van der Waals surface area contributed by atoms with E-state index in [1.54, 1.807) is 17.2 Å². The lowest BCUT2D eigenvalue weighted by atomic mass is 9.93. The number of hydrogen-bond acceptors (Lipinski definition) is 6. The first kappa shape index (κ1) is 23.6.